The number of benzene rings is 1. The van der Waals surface area contributed by atoms with E-state index < -0.39 is 23.1 Å². The Morgan fingerprint density at radius 3 is 2.39 bits per heavy atom. The number of aromatic nitrogens is 1. The minimum absolute atomic E-state index is 0.0660. The third kappa shape index (κ3) is 3.99. The number of hydrogen-bond acceptors (Lipinski definition) is 3. The fourth-order valence-electron chi connectivity index (χ4n) is 3.60. The first kappa shape index (κ1) is 20.2. The smallest absolute Gasteiger partial charge is 0.263 e. The maximum absolute atomic E-state index is 13.6. The molecule has 0 saturated heterocycles. The van der Waals surface area contributed by atoms with Crippen LogP contribution in [0, 0.1) is 18.6 Å². The number of carbonyl (C=O) groups excluding carboxylic acids is 1. The second-order valence-electron chi connectivity index (χ2n) is 7.89. The number of likely N-dealkylation sites (N-methyl/N-ethyl adjacent to an activating group) is 1. The average Bonchev–Trinajstić information content (AvgIpc) is 3.34. The molecule has 2 aromatic rings. The zero-order chi connectivity index (χ0) is 20.6. The van der Waals surface area contributed by atoms with Gasteiger partial charge in [0.05, 0.1) is 5.54 Å². The van der Waals surface area contributed by atoms with Crippen LogP contribution in [0.3, 0.4) is 0 Å². The molecule has 28 heavy (non-hydrogen) atoms. The zero-order valence-corrected chi connectivity index (χ0v) is 16.6. The Bertz CT molecular complexity index is 944. The van der Waals surface area contributed by atoms with Crippen LogP contribution < -0.4 is 10.9 Å². The standard InChI is InChI=1S/C21H25F2N3O2/c1-13-5-8-26(14(2)12-25(3)4)20(28)18(13)19(27)24-21(6-7-21)15-9-16(22)11-17(23)10-15/h5,8-11,14H,6-7,12H2,1-4H3,(H,24,27). The van der Waals surface area contributed by atoms with E-state index in [9.17, 15) is 18.4 Å². The van der Waals surface area contributed by atoms with Crippen molar-refractivity contribution in [3.8, 4) is 0 Å². The van der Waals surface area contributed by atoms with Gasteiger partial charge in [-0.2, -0.15) is 0 Å². The fourth-order valence-corrected chi connectivity index (χ4v) is 3.60. The van der Waals surface area contributed by atoms with E-state index in [1.165, 1.54) is 12.1 Å². The lowest BCUT2D eigenvalue weighted by atomic mass is 10.0. The summed E-state index contributed by atoms with van der Waals surface area (Å²) in [6.07, 6.45) is 2.83. The van der Waals surface area contributed by atoms with Crippen molar-refractivity contribution in [1.29, 1.82) is 0 Å². The van der Waals surface area contributed by atoms with E-state index >= 15 is 0 Å². The third-order valence-corrected chi connectivity index (χ3v) is 5.18. The summed E-state index contributed by atoms with van der Waals surface area (Å²) in [6.45, 7) is 4.27. The molecular weight excluding hydrogens is 364 g/mol. The van der Waals surface area contributed by atoms with Gasteiger partial charge in [-0.25, -0.2) is 8.78 Å². The largest absolute Gasteiger partial charge is 0.342 e. The molecule has 150 valence electrons. The van der Waals surface area contributed by atoms with E-state index in [0.29, 0.717) is 30.5 Å². The number of halogens is 2. The number of rotatable bonds is 6. The topological polar surface area (TPSA) is 54.3 Å². The summed E-state index contributed by atoms with van der Waals surface area (Å²) in [6, 6.07) is 4.89. The highest BCUT2D eigenvalue weighted by atomic mass is 19.1. The molecule has 0 spiro atoms. The van der Waals surface area contributed by atoms with Crippen molar-refractivity contribution in [2.45, 2.75) is 38.3 Å². The van der Waals surface area contributed by atoms with Gasteiger partial charge in [-0.3, -0.25) is 9.59 Å². The van der Waals surface area contributed by atoms with E-state index in [1.54, 1.807) is 23.8 Å². The van der Waals surface area contributed by atoms with Crippen LogP contribution in [0.4, 0.5) is 8.78 Å². The second kappa shape index (κ2) is 7.47. The van der Waals surface area contributed by atoms with Gasteiger partial charge in [0.15, 0.2) is 0 Å². The minimum Gasteiger partial charge on any atom is -0.342 e. The van der Waals surface area contributed by atoms with E-state index in [2.05, 4.69) is 5.32 Å². The highest BCUT2D eigenvalue weighted by Crippen LogP contribution is 2.46. The lowest BCUT2D eigenvalue weighted by Gasteiger charge is -2.22. The van der Waals surface area contributed by atoms with Crippen LogP contribution in [0.5, 0.6) is 0 Å². The molecule has 1 aromatic heterocycles. The number of aryl methyl sites for hydroxylation is 1. The fraction of sp³-hybridized carbons (Fsp3) is 0.429. The number of hydrogen-bond donors (Lipinski definition) is 1. The third-order valence-electron chi connectivity index (χ3n) is 5.18. The van der Waals surface area contributed by atoms with Crippen molar-refractivity contribution < 1.29 is 13.6 Å². The van der Waals surface area contributed by atoms with Gasteiger partial charge in [0, 0.05) is 24.8 Å². The van der Waals surface area contributed by atoms with Crippen molar-refractivity contribution >= 4 is 5.91 Å². The Hall–Kier alpha value is -2.54. The Balaban J connectivity index is 1.92. The highest BCUT2D eigenvalue weighted by Gasteiger charge is 2.46. The molecule has 1 fully saturated rings. The monoisotopic (exact) mass is 389 g/mol. The predicted octanol–water partition coefficient (Wildman–Crippen LogP) is 2.98. The van der Waals surface area contributed by atoms with Gasteiger partial charge >= 0.3 is 0 Å². The Kier molecular flexibility index (Phi) is 5.39. The molecule has 1 saturated carbocycles. The molecule has 7 heteroatoms. The van der Waals surface area contributed by atoms with Crippen molar-refractivity contribution in [3.05, 3.63) is 69.1 Å². The highest BCUT2D eigenvalue weighted by molar-refractivity contribution is 5.96. The first-order valence-corrected chi connectivity index (χ1v) is 9.28. The predicted molar refractivity (Wildman–Crippen MR) is 103 cm³/mol. The maximum atomic E-state index is 13.6. The number of nitrogens with one attached hydrogen (secondary N) is 1. The van der Waals surface area contributed by atoms with Gasteiger partial charge in [-0.05, 0) is 70.1 Å². The average molecular weight is 389 g/mol. The molecule has 0 aliphatic heterocycles. The number of amides is 1. The lowest BCUT2D eigenvalue weighted by molar-refractivity contribution is 0.0927. The molecule has 0 bridgehead atoms. The zero-order valence-electron chi connectivity index (χ0n) is 16.6. The number of carbonyl (C=O) groups is 1. The minimum atomic E-state index is -0.825. The van der Waals surface area contributed by atoms with Gasteiger partial charge in [0.25, 0.3) is 11.5 Å². The summed E-state index contributed by atoms with van der Waals surface area (Å²) in [4.78, 5) is 27.9. The lowest BCUT2D eigenvalue weighted by Crippen LogP contribution is -2.41. The number of pyridine rings is 1. The quantitative estimate of drug-likeness (QED) is 0.827. The molecule has 3 rings (SSSR count). The van der Waals surface area contributed by atoms with Gasteiger partial charge in [-0.1, -0.05) is 0 Å². The summed E-state index contributed by atoms with van der Waals surface area (Å²) in [7, 11) is 3.83. The van der Waals surface area contributed by atoms with E-state index in [4.69, 9.17) is 0 Å². The van der Waals surface area contributed by atoms with Gasteiger partial charge in [0.1, 0.15) is 17.2 Å². The summed E-state index contributed by atoms with van der Waals surface area (Å²) in [5.74, 6) is -1.89. The molecular formula is C21H25F2N3O2. The first-order valence-electron chi connectivity index (χ1n) is 9.28. The van der Waals surface area contributed by atoms with Gasteiger partial charge in [-0.15, -0.1) is 0 Å². The van der Waals surface area contributed by atoms with Crippen LogP contribution in [0.2, 0.25) is 0 Å². The van der Waals surface area contributed by atoms with Crippen molar-refractivity contribution in [1.82, 2.24) is 14.8 Å². The summed E-state index contributed by atoms with van der Waals surface area (Å²) in [5.41, 5.74) is -0.177. The Morgan fingerprint density at radius 1 is 1.25 bits per heavy atom. The van der Waals surface area contributed by atoms with Gasteiger partial charge in [0.2, 0.25) is 0 Å². The molecule has 1 atom stereocenters. The van der Waals surface area contributed by atoms with Crippen LogP contribution in [0.1, 0.15) is 47.3 Å². The summed E-state index contributed by atoms with van der Waals surface area (Å²) >= 11 is 0. The van der Waals surface area contributed by atoms with E-state index in [-0.39, 0.29) is 17.2 Å². The molecule has 1 aliphatic rings. The SMILES string of the molecule is Cc1ccn(C(C)CN(C)C)c(=O)c1C(=O)NC1(c2cc(F)cc(F)c2)CC1. The molecule has 1 heterocycles. The molecule has 1 aromatic carbocycles. The molecule has 1 aliphatic carbocycles. The van der Waals surface area contributed by atoms with Crippen LogP contribution in [0.15, 0.2) is 35.3 Å². The van der Waals surface area contributed by atoms with Crippen LogP contribution in [0.25, 0.3) is 0 Å². The van der Waals surface area contributed by atoms with Crippen molar-refractivity contribution in [3.63, 3.8) is 0 Å². The molecule has 1 amide bonds. The van der Waals surface area contributed by atoms with Crippen LogP contribution in [-0.4, -0.2) is 36.0 Å². The normalized spacial score (nSPS) is 16.1. The summed E-state index contributed by atoms with van der Waals surface area (Å²) < 4.78 is 28.8. The Labute approximate surface area is 163 Å². The van der Waals surface area contributed by atoms with Crippen LogP contribution >= 0.6 is 0 Å². The van der Waals surface area contributed by atoms with Crippen molar-refractivity contribution in [2.24, 2.45) is 0 Å². The molecule has 1 unspecified atom stereocenters. The Morgan fingerprint density at radius 2 is 1.86 bits per heavy atom. The summed E-state index contributed by atoms with van der Waals surface area (Å²) in [5, 5.41) is 2.85. The first-order chi connectivity index (χ1) is 13.1. The molecule has 0 radical (unpaired) electrons. The maximum Gasteiger partial charge on any atom is 0.263 e. The molecule has 5 nitrogen and oxygen atoms in total. The van der Waals surface area contributed by atoms with E-state index in [1.807, 2.05) is 25.9 Å². The van der Waals surface area contributed by atoms with E-state index in [0.717, 1.165) is 6.07 Å². The molecule has 1 N–H and O–H groups in total. The van der Waals surface area contributed by atoms with Gasteiger partial charge < -0.3 is 14.8 Å². The second-order valence-corrected chi connectivity index (χ2v) is 7.89. The van der Waals surface area contributed by atoms with Crippen molar-refractivity contribution in [2.75, 3.05) is 20.6 Å². The number of nitrogens with zero attached hydrogens (tertiary/aromatic N) is 2. The van der Waals surface area contributed by atoms with Crippen LogP contribution in [-0.2, 0) is 5.54 Å².